The van der Waals surface area contributed by atoms with Crippen LogP contribution < -0.4 is 0 Å². The van der Waals surface area contributed by atoms with Crippen LogP contribution in [-0.2, 0) is 6.54 Å². The number of rotatable bonds is 4. The van der Waals surface area contributed by atoms with Gasteiger partial charge in [0.25, 0.3) is 0 Å². The number of benzene rings is 1. The first kappa shape index (κ1) is 13.8. The topological polar surface area (TPSA) is 69.2 Å². The van der Waals surface area contributed by atoms with Crippen LogP contribution in [-0.4, -0.2) is 32.7 Å². The molecule has 0 amide bonds. The van der Waals surface area contributed by atoms with Gasteiger partial charge in [0.05, 0.1) is 17.3 Å². The minimum absolute atomic E-state index is 0.295. The lowest BCUT2D eigenvalue weighted by Gasteiger charge is -2.35. The molecule has 1 aromatic carbocycles. The highest BCUT2D eigenvalue weighted by Gasteiger charge is 2.26. The summed E-state index contributed by atoms with van der Waals surface area (Å²) in [7, 11) is 0. The van der Waals surface area contributed by atoms with Crippen molar-refractivity contribution in [3.05, 3.63) is 53.3 Å². The highest BCUT2D eigenvalue weighted by molar-refractivity contribution is 5.89. The molecule has 1 aliphatic rings. The molecular weight excluding hydrogens is 266 g/mol. The van der Waals surface area contributed by atoms with Crippen molar-refractivity contribution >= 4 is 5.97 Å². The first-order valence-electron chi connectivity index (χ1n) is 7.30. The summed E-state index contributed by atoms with van der Waals surface area (Å²) in [5.41, 5.74) is 2.38. The van der Waals surface area contributed by atoms with E-state index in [2.05, 4.69) is 15.1 Å². The van der Waals surface area contributed by atoms with Gasteiger partial charge in [0, 0.05) is 12.7 Å². The highest BCUT2D eigenvalue weighted by Crippen LogP contribution is 2.31. The van der Waals surface area contributed by atoms with Crippen LogP contribution in [0.25, 0.3) is 0 Å². The summed E-state index contributed by atoms with van der Waals surface area (Å²) in [6.45, 7) is 1.64. The van der Waals surface area contributed by atoms with Crippen LogP contribution >= 0.6 is 0 Å². The molecule has 5 nitrogen and oxygen atoms in total. The number of hydrogen-bond acceptors (Lipinski definition) is 3. The second-order valence-electron chi connectivity index (χ2n) is 5.46. The van der Waals surface area contributed by atoms with Gasteiger partial charge in [-0.3, -0.25) is 10.00 Å². The molecule has 2 aromatic rings. The molecule has 2 N–H and O–H groups in total. The van der Waals surface area contributed by atoms with Crippen LogP contribution in [0.1, 0.15) is 46.9 Å². The van der Waals surface area contributed by atoms with Crippen molar-refractivity contribution < 1.29 is 9.90 Å². The Morgan fingerprint density at radius 3 is 2.95 bits per heavy atom. The molecule has 1 atom stereocenters. The zero-order valence-corrected chi connectivity index (χ0v) is 11.8. The Labute approximate surface area is 123 Å². The number of nitrogens with one attached hydrogen (secondary N) is 1. The molecule has 1 aliphatic heterocycles. The van der Waals surface area contributed by atoms with Crippen LogP contribution in [0.3, 0.4) is 0 Å². The number of hydrogen-bond donors (Lipinski definition) is 2. The Morgan fingerprint density at radius 2 is 2.19 bits per heavy atom. The fourth-order valence-corrected chi connectivity index (χ4v) is 3.07. The summed E-state index contributed by atoms with van der Waals surface area (Å²) in [5.74, 6) is -0.860. The third-order valence-corrected chi connectivity index (χ3v) is 4.12. The van der Waals surface area contributed by atoms with E-state index in [4.69, 9.17) is 0 Å². The lowest BCUT2D eigenvalue weighted by Crippen LogP contribution is -2.33. The maximum Gasteiger partial charge on any atom is 0.336 e. The Hall–Kier alpha value is -2.14. The van der Waals surface area contributed by atoms with Crippen molar-refractivity contribution in [1.82, 2.24) is 15.1 Å². The number of carboxylic acid groups (broad SMARTS) is 1. The Morgan fingerprint density at radius 1 is 1.33 bits per heavy atom. The predicted molar refractivity (Wildman–Crippen MR) is 79.0 cm³/mol. The lowest BCUT2D eigenvalue weighted by molar-refractivity contribution is 0.0692. The van der Waals surface area contributed by atoms with Gasteiger partial charge < -0.3 is 5.11 Å². The van der Waals surface area contributed by atoms with Gasteiger partial charge in [0.15, 0.2) is 0 Å². The molecular formula is C16H19N3O2. The van der Waals surface area contributed by atoms with E-state index < -0.39 is 5.97 Å². The number of likely N-dealkylation sites (tertiary alicyclic amines) is 1. The van der Waals surface area contributed by atoms with Crippen LogP contribution in [0.5, 0.6) is 0 Å². The lowest BCUT2D eigenvalue weighted by atomic mass is 9.97. The zero-order valence-electron chi connectivity index (χ0n) is 11.8. The van der Waals surface area contributed by atoms with Gasteiger partial charge in [-0.2, -0.15) is 5.10 Å². The normalized spacial score (nSPS) is 19.5. The summed E-state index contributed by atoms with van der Waals surface area (Å²) in [6, 6.07) is 9.55. The molecule has 0 saturated carbocycles. The summed E-state index contributed by atoms with van der Waals surface area (Å²) < 4.78 is 0. The molecule has 1 aromatic heterocycles. The zero-order chi connectivity index (χ0) is 14.7. The molecule has 0 aliphatic carbocycles. The monoisotopic (exact) mass is 285 g/mol. The Bertz CT molecular complexity index is 610. The van der Waals surface area contributed by atoms with Crippen LogP contribution in [0, 0.1) is 0 Å². The Balaban J connectivity index is 1.84. The SMILES string of the molecule is O=C(O)c1ccccc1CN1CCCCC1c1ccn[nH]1. The van der Waals surface area contributed by atoms with Gasteiger partial charge in [0.1, 0.15) is 0 Å². The van der Waals surface area contributed by atoms with E-state index in [-0.39, 0.29) is 0 Å². The molecule has 0 radical (unpaired) electrons. The number of piperidine rings is 1. The average molecular weight is 285 g/mol. The fraction of sp³-hybridized carbons (Fsp3) is 0.375. The summed E-state index contributed by atoms with van der Waals surface area (Å²) in [6.07, 6.45) is 5.20. The molecule has 3 rings (SSSR count). The first-order valence-corrected chi connectivity index (χ1v) is 7.30. The molecule has 5 heteroatoms. The minimum Gasteiger partial charge on any atom is -0.478 e. The fourth-order valence-electron chi connectivity index (χ4n) is 3.07. The molecule has 2 heterocycles. The van der Waals surface area contributed by atoms with Gasteiger partial charge in [-0.1, -0.05) is 24.6 Å². The van der Waals surface area contributed by atoms with Crippen LogP contribution in [0.2, 0.25) is 0 Å². The smallest absolute Gasteiger partial charge is 0.336 e. The summed E-state index contributed by atoms with van der Waals surface area (Å²) in [5, 5.41) is 16.4. The standard InChI is InChI=1S/C16H19N3O2/c20-16(21)13-6-2-1-5-12(13)11-19-10-4-3-7-15(19)14-8-9-17-18-14/h1-2,5-6,8-9,15H,3-4,7,10-11H2,(H,17,18)(H,20,21). The molecule has 1 fully saturated rings. The maximum absolute atomic E-state index is 11.3. The number of nitrogens with zero attached hydrogens (tertiary/aromatic N) is 2. The third kappa shape index (κ3) is 2.97. The van der Waals surface area contributed by atoms with E-state index in [0.29, 0.717) is 18.2 Å². The summed E-state index contributed by atoms with van der Waals surface area (Å²) >= 11 is 0. The van der Waals surface area contributed by atoms with Crippen molar-refractivity contribution in [2.75, 3.05) is 6.54 Å². The number of H-pyrrole nitrogens is 1. The van der Waals surface area contributed by atoms with Gasteiger partial charge in [-0.05, 0) is 37.1 Å². The molecule has 110 valence electrons. The van der Waals surface area contributed by atoms with E-state index in [1.54, 1.807) is 18.3 Å². The van der Waals surface area contributed by atoms with Gasteiger partial charge >= 0.3 is 5.97 Å². The maximum atomic E-state index is 11.3. The van der Waals surface area contributed by atoms with Gasteiger partial charge in [0.2, 0.25) is 0 Å². The average Bonchev–Trinajstić information content (AvgIpc) is 3.02. The van der Waals surface area contributed by atoms with Crippen molar-refractivity contribution in [3.8, 4) is 0 Å². The van der Waals surface area contributed by atoms with E-state index in [9.17, 15) is 9.90 Å². The number of aromatic nitrogens is 2. The van der Waals surface area contributed by atoms with Crippen molar-refractivity contribution in [1.29, 1.82) is 0 Å². The van der Waals surface area contributed by atoms with Gasteiger partial charge in [-0.15, -0.1) is 0 Å². The number of carbonyl (C=O) groups is 1. The van der Waals surface area contributed by atoms with E-state index in [1.807, 2.05) is 18.2 Å². The van der Waals surface area contributed by atoms with Crippen LogP contribution in [0.4, 0.5) is 0 Å². The quantitative estimate of drug-likeness (QED) is 0.906. The van der Waals surface area contributed by atoms with Crippen molar-refractivity contribution in [3.63, 3.8) is 0 Å². The molecule has 1 unspecified atom stereocenters. The number of carboxylic acids is 1. The second-order valence-corrected chi connectivity index (χ2v) is 5.46. The summed E-state index contributed by atoms with van der Waals surface area (Å²) in [4.78, 5) is 13.7. The molecule has 0 bridgehead atoms. The predicted octanol–water partition coefficient (Wildman–Crippen LogP) is 2.84. The first-order chi connectivity index (χ1) is 10.3. The van der Waals surface area contributed by atoms with Crippen LogP contribution in [0.15, 0.2) is 36.5 Å². The molecule has 21 heavy (non-hydrogen) atoms. The highest BCUT2D eigenvalue weighted by atomic mass is 16.4. The molecule has 0 spiro atoms. The number of aromatic carboxylic acids is 1. The number of aromatic amines is 1. The third-order valence-electron chi connectivity index (χ3n) is 4.12. The second kappa shape index (κ2) is 6.10. The van der Waals surface area contributed by atoms with E-state index >= 15 is 0 Å². The van der Waals surface area contributed by atoms with Gasteiger partial charge in [-0.25, -0.2) is 4.79 Å². The Kier molecular flexibility index (Phi) is 4.01. The van der Waals surface area contributed by atoms with Crippen molar-refractivity contribution in [2.24, 2.45) is 0 Å². The minimum atomic E-state index is -0.860. The molecule has 1 saturated heterocycles. The van der Waals surface area contributed by atoms with E-state index in [0.717, 1.165) is 30.6 Å². The van der Waals surface area contributed by atoms with E-state index in [1.165, 1.54) is 6.42 Å². The van der Waals surface area contributed by atoms with Crippen molar-refractivity contribution in [2.45, 2.75) is 31.8 Å². The largest absolute Gasteiger partial charge is 0.478 e.